The van der Waals surface area contributed by atoms with Crippen LogP contribution in [0, 0.1) is 0 Å². The first-order chi connectivity index (χ1) is 9.95. The van der Waals surface area contributed by atoms with E-state index in [9.17, 15) is 0 Å². The number of anilines is 1. The van der Waals surface area contributed by atoms with Gasteiger partial charge in [-0.2, -0.15) is 0 Å². The van der Waals surface area contributed by atoms with Crippen LogP contribution in [0.25, 0.3) is 0 Å². The van der Waals surface area contributed by atoms with Gasteiger partial charge in [0.1, 0.15) is 0 Å². The molecule has 21 heavy (non-hydrogen) atoms. The summed E-state index contributed by atoms with van der Waals surface area (Å²) in [6.07, 6.45) is 0. The van der Waals surface area contributed by atoms with Gasteiger partial charge in [-0.1, -0.05) is 52.5 Å². The Morgan fingerprint density at radius 1 is 0.905 bits per heavy atom. The van der Waals surface area contributed by atoms with E-state index >= 15 is 0 Å². The van der Waals surface area contributed by atoms with Crippen molar-refractivity contribution >= 4 is 69.4 Å². The normalized spacial score (nSPS) is 10.3. The monoisotopic (exact) mass is 378 g/mol. The lowest BCUT2D eigenvalue weighted by molar-refractivity contribution is 0.926. The Morgan fingerprint density at radius 2 is 1.57 bits per heavy atom. The molecule has 110 valence electrons. The number of hydrogen-bond acceptors (Lipinski definition) is 1. The fourth-order valence-corrected chi connectivity index (χ4v) is 2.59. The Bertz CT molecular complexity index is 676. The van der Waals surface area contributed by atoms with Crippen molar-refractivity contribution in [2.24, 2.45) is 0 Å². The number of benzene rings is 2. The lowest BCUT2D eigenvalue weighted by Gasteiger charge is -2.13. The minimum atomic E-state index is 0.421. The highest BCUT2D eigenvalue weighted by atomic mass is 35.5. The first-order valence-corrected chi connectivity index (χ1v) is 7.81. The average molecular weight is 380 g/mol. The van der Waals surface area contributed by atoms with Crippen molar-refractivity contribution in [2.45, 2.75) is 6.54 Å². The molecule has 0 saturated heterocycles. The van der Waals surface area contributed by atoms with E-state index < -0.39 is 0 Å². The Kier molecular flexibility index (Phi) is 5.97. The third-order valence-corrected chi connectivity index (χ3v) is 4.03. The van der Waals surface area contributed by atoms with E-state index in [1.54, 1.807) is 30.3 Å². The lowest BCUT2D eigenvalue weighted by atomic mass is 10.2. The van der Waals surface area contributed by atoms with Gasteiger partial charge in [-0.05, 0) is 48.1 Å². The van der Waals surface area contributed by atoms with Crippen molar-refractivity contribution in [2.75, 3.05) is 5.32 Å². The number of thiocarbonyl (C=S) groups is 1. The maximum Gasteiger partial charge on any atom is 0.171 e. The molecule has 7 heteroatoms. The third kappa shape index (κ3) is 4.90. The summed E-state index contributed by atoms with van der Waals surface area (Å²) in [5.74, 6) is 0. The van der Waals surface area contributed by atoms with Crippen molar-refractivity contribution in [3.63, 3.8) is 0 Å². The van der Waals surface area contributed by atoms with Gasteiger partial charge in [0, 0.05) is 21.6 Å². The zero-order valence-corrected chi connectivity index (χ0v) is 14.4. The second kappa shape index (κ2) is 7.52. The fourth-order valence-electron chi connectivity index (χ4n) is 1.60. The summed E-state index contributed by atoms with van der Waals surface area (Å²) < 4.78 is 0. The Morgan fingerprint density at radius 3 is 2.29 bits per heavy atom. The van der Waals surface area contributed by atoms with Gasteiger partial charge >= 0.3 is 0 Å². The van der Waals surface area contributed by atoms with Gasteiger partial charge < -0.3 is 10.6 Å². The molecule has 2 N–H and O–H groups in total. The van der Waals surface area contributed by atoms with E-state index in [0.717, 1.165) is 5.56 Å². The van der Waals surface area contributed by atoms with Gasteiger partial charge in [-0.25, -0.2) is 0 Å². The van der Waals surface area contributed by atoms with Crippen LogP contribution in [0.2, 0.25) is 20.1 Å². The fraction of sp³-hybridized carbons (Fsp3) is 0.0714. The van der Waals surface area contributed by atoms with E-state index in [2.05, 4.69) is 10.6 Å². The SMILES string of the molecule is S=C(NCc1ccc(Cl)cc1Cl)Nc1cc(Cl)ccc1Cl. The molecule has 0 atom stereocenters. The molecule has 0 aromatic heterocycles. The zero-order valence-electron chi connectivity index (χ0n) is 10.6. The Balaban J connectivity index is 1.97. The molecule has 0 aliphatic heterocycles. The molecule has 0 aliphatic carbocycles. The summed E-state index contributed by atoms with van der Waals surface area (Å²) in [6.45, 7) is 0.472. The van der Waals surface area contributed by atoms with Crippen LogP contribution in [-0.4, -0.2) is 5.11 Å². The summed E-state index contributed by atoms with van der Waals surface area (Å²) in [6, 6.07) is 10.4. The van der Waals surface area contributed by atoms with Gasteiger partial charge in [0.2, 0.25) is 0 Å². The van der Waals surface area contributed by atoms with Gasteiger partial charge in [-0.15, -0.1) is 0 Å². The van der Waals surface area contributed by atoms with Crippen LogP contribution in [0.4, 0.5) is 5.69 Å². The van der Waals surface area contributed by atoms with E-state index in [4.69, 9.17) is 58.6 Å². The first kappa shape index (κ1) is 16.7. The Hall–Kier alpha value is -0.710. The van der Waals surface area contributed by atoms with Crippen molar-refractivity contribution in [3.05, 3.63) is 62.1 Å². The predicted octanol–water partition coefficient (Wildman–Crippen LogP) is 5.79. The largest absolute Gasteiger partial charge is 0.358 e. The summed E-state index contributed by atoms with van der Waals surface area (Å²) in [4.78, 5) is 0. The highest BCUT2D eigenvalue weighted by Gasteiger charge is 2.05. The van der Waals surface area contributed by atoms with E-state index in [-0.39, 0.29) is 0 Å². The molecule has 0 radical (unpaired) electrons. The van der Waals surface area contributed by atoms with Crippen LogP contribution in [0.5, 0.6) is 0 Å². The molecule has 0 heterocycles. The third-order valence-electron chi connectivity index (χ3n) is 2.63. The molecule has 0 bridgehead atoms. The van der Waals surface area contributed by atoms with E-state index in [1.165, 1.54) is 0 Å². The highest BCUT2D eigenvalue weighted by molar-refractivity contribution is 7.80. The summed E-state index contributed by atoms with van der Waals surface area (Å²) in [7, 11) is 0. The molecule has 0 spiro atoms. The van der Waals surface area contributed by atoms with Gasteiger partial charge in [0.05, 0.1) is 10.7 Å². The van der Waals surface area contributed by atoms with Crippen LogP contribution in [0.3, 0.4) is 0 Å². The second-order valence-corrected chi connectivity index (χ2v) is 6.26. The second-order valence-electron chi connectivity index (χ2n) is 4.17. The molecule has 2 nitrogen and oxygen atoms in total. The number of halogens is 4. The smallest absolute Gasteiger partial charge is 0.171 e. The number of rotatable bonds is 3. The summed E-state index contributed by atoms with van der Waals surface area (Å²) >= 11 is 29.1. The zero-order chi connectivity index (χ0) is 15.4. The molecule has 0 unspecified atom stereocenters. The van der Waals surface area contributed by atoms with Crippen LogP contribution >= 0.6 is 58.6 Å². The molecule has 2 rings (SSSR count). The van der Waals surface area contributed by atoms with E-state index in [1.807, 2.05) is 6.07 Å². The van der Waals surface area contributed by atoms with Crippen LogP contribution < -0.4 is 10.6 Å². The lowest BCUT2D eigenvalue weighted by Crippen LogP contribution is -2.28. The maximum absolute atomic E-state index is 6.09. The minimum Gasteiger partial charge on any atom is -0.358 e. The molecule has 2 aromatic rings. The number of nitrogens with one attached hydrogen (secondary N) is 2. The van der Waals surface area contributed by atoms with E-state index in [0.29, 0.717) is 37.4 Å². The summed E-state index contributed by atoms with van der Waals surface area (Å²) in [5.41, 5.74) is 1.53. The van der Waals surface area contributed by atoms with Gasteiger partial charge in [-0.3, -0.25) is 0 Å². The van der Waals surface area contributed by atoms with Crippen molar-refractivity contribution in [1.29, 1.82) is 0 Å². The first-order valence-electron chi connectivity index (χ1n) is 5.89. The molecule has 0 saturated carbocycles. The topological polar surface area (TPSA) is 24.1 Å². The van der Waals surface area contributed by atoms with Crippen molar-refractivity contribution < 1.29 is 0 Å². The quantitative estimate of drug-likeness (QED) is 0.660. The average Bonchev–Trinajstić information content (AvgIpc) is 2.42. The standard InChI is InChI=1S/C14H10Cl4N2S/c15-9-2-1-8(12(18)5-9)7-19-14(21)20-13-6-10(16)3-4-11(13)17/h1-6H,7H2,(H2,19,20,21). The van der Waals surface area contributed by atoms with Gasteiger partial charge in [0.25, 0.3) is 0 Å². The highest BCUT2D eigenvalue weighted by Crippen LogP contribution is 2.25. The molecular weight excluding hydrogens is 370 g/mol. The molecular formula is C14H10Cl4N2S. The van der Waals surface area contributed by atoms with Crippen LogP contribution in [0.15, 0.2) is 36.4 Å². The van der Waals surface area contributed by atoms with Crippen LogP contribution in [-0.2, 0) is 6.54 Å². The number of hydrogen-bond donors (Lipinski definition) is 2. The van der Waals surface area contributed by atoms with Gasteiger partial charge in [0.15, 0.2) is 5.11 Å². The minimum absolute atomic E-state index is 0.421. The molecule has 0 amide bonds. The molecule has 0 fully saturated rings. The summed E-state index contributed by atoms with van der Waals surface area (Å²) in [5, 5.41) is 8.74. The van der Waals surface area contributed by atoms with Crippen molar-refractivity contribution in [3.8, 4) is 0 Å². The molecule has 0 aliphatic rings. The predicted molar refractivity (Wildman–Crippen MR) is 96.0 cm³/mol. The molecule has 2 aromatic carbocycles. The Labute approximate surface area is 148 Å². The van der Waals surface area contributed by atoms with Crippen LogP contribution in [0.1, 0.15) is 5.56 Å². The maximum atomic E-state index is 6.09. The van der Waals surface area contributed by atoms with Crippen molar-refractivity contribution in [1.82, 2.24) is 5.32 Å².